The lowest BCUT2D eigenvalue weighted by molar-refractivity contribution is -0.122. The zero-order valence-corrected chi connectivity index (χ0v) is 19.5. The molecule has 1 heterocycles. The molecule has 1 aliphatic rings. The standard InChI is InChI=1S/C24H26N2O3S2/c1-24(2,3)17-8-6-16(7-9-17)15-20-22(29)26(23(30)31-20)14-4-5-21(28)25-18-10-12-19(27)13-11-18/h6-13,15,27H,4-5,14H2,1-3H3,(H,25,28)/b20-15-. The Hall–Kier alpha value is -2.64. The molecule has 2 amide bonds. The lowest BCUT2D eigenvalue weighted by Crippen LogP contribution is -2.29. The first kappa shape index (κ1) is 23.0. The van der Waals surface area contributed by atoms with Crippen LogP contribution in [0.1, 0.15) is 44.7 Å². The topological polar surface area (TPSA) is 69.6 Å². The van der Waals surface area contributed by atoms with E-state index in [1.54, 1.807) is 17.0 Å². The Bertz CT molecular complexity index is 1010. The van der Waals surface area contributed by atoms with Crippen molar-refractivity contribution < 1.29 is 14.7 Å². The number of hydrogen-bond donors (Lipinski definition) is 2. The normalized spacial score (nSPS) is 15.6. The SMILES string of the molecule is CC(C)(C)c1ccc(/C=C2\SC(=S)N(CCCC(=O)Nc3ccc(O)cc3)C2=O)cc1. The summed E-state index contributed by atoms with van der Waals surface area (Å²) in [5, 5.41) is 12.1. The van der Waals surface area contributed by atoms with E-state index in [4.69, 9.17) is 12.2 Å². The van der Waals surface area contributed by atoms with Crippen molar-refractivity contribution in [2.45, 2.75) is 39.0 Å². The lowest BCUT2D eigenvalue weighted by Gasteiger charge is -2.18. The number of anilines is 1. The summed E-state index contributed by atoms with van der Waals surface area (Å²) in [6.07, 6.45) is 2.64. The molecule has 1 saturated heterocycles. The molecule has 0 radical (unpaired) electrons. The monoisotopic (exact) mass is 454 g/mol. The fraction of sp³-hybridized carbons (Fsp3) is 0.292. The molecule has 0 aliphatic carbocycles. The molecule has 7 heteroatoms. The van der Waals surface area contributed by atoms with Gasteiger partial charge in [0.25, 0.3) is 5.91 Å². The summed E-state index contributed by atoms with van der Waals surface area (Å²) in [7, 11) is 0. The van der Waals surface area contributed by atoms with Crippen LogP contribution in [0, 0.1) is 0 Å². The van der Waals surface area contributed by atoms with Crippen molar-refractivity contribution in [3.05, 3.63) is 64.6 Å². The summed E-state index contributed by atoms with van der Waals surface area (Å²) in [4.78, 5) is 27.0. The Morgan fingerprint density at radius 2 is 1.77 bits per heavy atom. The maximum absolute atomic E-state index is 12.8. The summed E-state index contributed by atoms with van der Waals surface area (Å²) in [5.74, 6) is -0.120. The Balaban J connectivity index is 1.54. The van der Waals surface area contributed by atoms with Gasteiger partial charge in [0.2, 0.25) is 5.91 Å². The first-order chi connectivity index (χ1) is 14.6. The molecule has 2 aromatic rings. The van der Waals surface area contributed by atoms with Crippen LogP contribution in [0.5, 0.6) is 5.75 Å². The van der Waals surface area contributed by atoms with Crippen LogP contribution in [0.15, 0.2) is 53.4 Å². The number of rotatable bonds is 6. The van der Waals surface area contributed by atoms with Gasteiger partial charge in [-0.3, -0.25) is 14.5 Å². The van der Waals surface area contributed by atoms with E-state index in [0.717, 1.165) is 5.56 Å². The van der Waals surface area contributed by atoms with Gasteiger partial charge in [0.1, 0.15) is 10.1 Å². The Labute approximate surface area is 192 Å². The van der Waals surface area contributed by atoms with E-state index in [1.807, 2.05) is 18.2 Å². The molecule has 31 heavy (non-hydrogen) atoms. The molecule has 0 saturated carbocycles. The highest BCUT2D eigenvalue weighted by Gasteiger charge is 2.31. The second-order valence-corrected chi connectivity index (χ2v) is 10.1. The fourth-order valence-electron chi connectivity index (χ4n) is 3.09. The molecule has 5 nitrogen and oxygen atoms in total. The van der Waals surface area contributed by atoms with Crippen LogP contribution >= 0.6 is 24.0 Å². The van der Waals surface area contributed by atoms with Crippen molar-refractivity contribution in [2.75, 3.05) is 11.9 Å². The fourth-order valence-corrected chi connectivity index (χ4v) is 4.40. The minimum Gasteiger partial charge on any atom is -0.508 e. The van der Waals surface area contributed by atoms with Crippen LogP contribution < -0.4 is 5.32 Å². The number of phenols is 1. The number of aromatic hydroxyl groups is 1. The van der Waals surface area contributed by atoms with E-state index in [9.17, 15) is 14.7 Å². The molecule has 162 valence electrons. The zero-order valence-electron chi connectivity index (χ0n) is 17.8. The van der Waals surface area contributed by atoms with Crippen molar-refractivity contribution in [1.82, 2.24) is 4.90 Å². The average molecular weight is 455 g/mol. The van der Waals surface area contributed by atoms with Gasteiger partial charge in [-0.15, -0.1) is 0 Å². The van der Waals surface area contributed by atoms with Crippen molar-refractivity contribution in [3.63, 3.8) is 0 Å². The van der Waals surface area contributed by atoms with E-state index in [0.29, 0.717) is 27.9 Å². The highest BCUT2D eigenvalue weighted by atomic mass is 32.2. The first-order valence-corrected chi connectivity index (χ1v) is 11.3. The molecule has 2 N–H and O–H groups in total. The van der Waals surface area contributed by atoms with E-state index in [-0.39, 0.29) is 29.4 Å². The zero-order chi connectivity index (χ0) is 22.6. The number of nitrogens with zero attached hydrogens (tertiary/aromatic N) is 1. The number of carbonyl (C=O) groups excluding carboxylic acids is 2. The van der Waals surface area contributed by atoms with Gasteiger partial charge in [-0.25, -0.2) is 0 Å². The number of benzene rings is 2. The predicted molar refractivity (Wildman–Crippen MR) is 131 cm³/mol. The molecule has 0 spiro atoms. The number of thiocarbonyl (C=S) groups is 1. The van der Waals surface area contributed by atoms with Crippen LogP contribution in [0.2, 0.25) is 0 Å². The van der Waals surface area contributed by atoms with Gasteiger partial charge >= 0.3 is 0 Å². The molecule has 2 aromatic carbocycles. The highest BCUT2D eigenvalue weighted by Crippen LogP contribution is 2.33. The van der Waals surface area contributed by atoms with Crippen molar-refractivity contribution in [3.8, 4) is 5.75 Å². The van der Waals surface area contributed by atoms with Gasteiger partial charge in [0, 0.05) is 18.7 Å². The molecular formula is C24H26N2O3S2. The van der Waals surface area contributed by atoms with Crippen LogP contribution in [-0.4, -0.2) is 32.7 Å². The predicted octanol–water partition coefficient (Wildman–Crippen LogP) is 5.31. The Morgan fingerprint density at radius 1 is 1.13 bits per heavy atom. The number of nitrogens with one attached hydrogen (secondary N) is 1. The lowest BCUT2D eigenvalue weighted by atomic mass is 9.87. The Kier molecular flexibility index (Phi) is 7.18. The Morgan fingerprint density at radius 3 is 2.39 bits per heavy atom. The average Bonchev–Trinajstić information content (AvgIpc) is 2.97. The number of thioether (sulfide) groups is 1. The van der Waals surface area contributed by atoms with E-state index in [1.165, 1.54) is 29.5 Å². The van der Waals surface area contributed by atoms with Crippen molar-refractivity contribution in [1.29, 1.82) is 0 Å². The van der Waals surface area contributed by atoms with Crippen LogP contribution in [0.25, 0.3) is 6.08 Å². The third-order valence-electron chi connectivity index (χ3n) is 4.88. The highest BCUT2D eigenvalue weighted by molar-refractivity contribution is 8.26. The van der Waals surface area contributed by atoms with Gasteiger partial charge in [-0.1, -0.05) is 69.0 Å². The molecule has 1 aliphatic heterocycles. The minimum atomic E-state index is -0.148. The molecule has 0 aromatic heterocycles. The van der Waals surface area contributed by atoms with E-state index < -0.39 is 0 Å². The van der Waals surface area contributed by atoms with Gasteiger partial charge in [0.05, 0.1) is 4.91 Å². The first-order valence-electron chi connectivity index (χ1n) is 10.1. The third-order valence-corrected chi connectivity index (χ3v) is 6.26. The maximum Gasteiger partial charge on any atom is 0.266 e. The van der Waals surface area contributed by atoms with E-state index in [2.05, 4.69) is 38.2 Å². The largest absolute Gasteiger partial charge is 0.508 e. The van der Waals surface area contributed by atoms with Crippen LogP contribution in [-0.2, 0) is 15.0 Å². The van der Waals surface area contributed by atoms with Gasteiger partial charge in [-0.2, -0.15) is 0 Å². The number of carbonyl (C=O) groups is 2. The third kappa shape index (κ3) is 6.18. The quantitative estimate of drug-likeness (QED) is 0.352. The number of amides is 2. The van der Waals surface area contributed by atoms with Gasteiger partial charge in [0.15, 0.2) is 0 Å². The van der Waals surface area contributed by atoms with Crippen LogP contribution in [0.4, 0.5) is 5.69 Å². The molecule has 3 rings (SSSR count). The summed E-state index contributed by atoms with van der Waals surface area (Å²) in [5.41, 5.74) is 2.90. The molecule has 0 unspecified atom stereocenters. The number of phenolic OH excluding ortho intramolecular Hbond substituents is 1. The molecule has 1 fully saturated rings. The smallest absolute Gasteiger partial charge is 0.266 e. The summed E-state index contributed by atoms with van der Waals surface area (Å²) < 4.78 is 0.515. The molecule has 0 atom stereocenters. The van der Waals surface area contributed by atoms with Gasteiger partial charge in [-0.05, 0) is 53.3 Å². The van der Waals surface area contributed by atoms with Gasteiger partial charge < -0.3 is 10.4 Å². The maximum atomic E-state index is 12.8. The molecule has 0 bridgehead atoms. The summed E-state index contributed by atoms with van der Waals surface area (Å²) >= 11 is 6.67. The molecular weight excluding hydrogens is 428 g/mol. The minimum absolute atomic E-state index is 0.0799. The summed E-state index contributed by atoms with van der Waals surface area (Å²) in [6.45, 7) is 6.89. The van der Waals surface area contributed by atoms with E-state index >= 15 is 0 Å². The number of hydrogen-bond acceptors (Lipinski definition) is 5. The van der Waals surface area contributed by atoms with Crippen molar-refractivity contribution in [2.24, 2.45) is 0 Å². The van der Waals surface area contributed by atoms with Crippen LogP contribution in [0.3, 0.4) is 0 Å². The summed E-state index contributed by atoms with van der Waals surface area (Å²) in [6, 6.07) is 14.5. The second-order valence-electron chi connectivity index (χ2n) is 8.40. The van der Waals surface area contributed by atoms with Crippen molar-refractivity contribution >= 4 is 51.9 Å². The second kappa shape index (κ2) is 9.66.